The summed E-state index contributed by atoms with van der Waals surface area (Å²) in [6, 6.07) is 7.84. The summed E-state index contributed by atoms with van der Waals surface area (Å²) < 4.78 is 0. The number of hydrogen-bond donors (Lipinski definition) is 2. The number of rotatable bonds is 1. The Kier molecular flexibility index (Phi) is 2.10. The third-order valence-electron chi connectivity index (χ3n) is 2.05. The van der Waals surface area contributed by atoms with E-state index in [0.717, 1.165) is 10.6 Å². The minimum absolute atomic E-state index is 0.133. The smallest absolute Gasteiger partial charge is 0.189 e. The lowest BCUT2D eigenvalue weighted by Gasteiger charge is -2.11. The molecule has 3 N–H and O–H groups in total. The van der Waals surface area contributed by atoms with Gasteiger partial charge in [-0.1, -0.05) is 29.8 Å². The summed E-state index contributed by atoms with van der Waals surface area (Å²) in [6.07, 6.45) is 0. The molecule has 1 unspecified atom stereocenters. The molecule has 0 aliphatic carbocycles. The lowest BCUT2D eigenvalue weighted by Crippen LogP contribution is -2.29. The highest BCUT2D eigenvalue weighted by Gasteiger charge is 2.18. The van der Waals surface area contributed by atoms with Crippen molar-refractivity contribution >= 4 is 17.6 Å². The largest absolute Gasteiger partial charge is 0.370 e. The molecule has 0 radical (unpaired) electrons. The van der Waals surface area contributed by atoms with Gasteiger partial charge in [0.2, 0.25) is 0 Å². The molecule has 0 bridgehead atoms. The van der Waals surface area contributed by atoms with Gasteiger partial charge in [0.05, 0.1) is 12.6 Å². The lowest BCUT2D eigenvalue weighted by atomic mass is 10.1. The number of hydrogen-bond acceptors (Lipinski definition) is 3. The molecule has 0 spiro atoms. The number of nitrogens with one attached hydrogen (secondary N) is 1. The molecule has 1 aromatic carbocycles. The maximum Gasteiger partial charge on any atom is 0.189 e. The maximum atomic E-state index is 6.02. The van der Waals surface area contributed by atoms with E-state index in [2.05, 4.69) is 10.3 Å². The summed E-state index contributed by atoms with van der Waals surface area (Å²) in [4.78, 5) is 4.06. The van der Waals surface area contributed by atoms with Crippen LogP contribution in [0.2, 0.25) is 5.02 Å². The average Bonchev–Trinajstić information content (AvgIpc) is 2.53. The number of nitrogens with two attached hydrogens (primary N) is 1. The van der Waals surface area contributed by atoms with E-state index in [1.807, 2.05) is 24.3 Å². The third-order valence-corrected chi connectivity index (χ3v) is 2.39. The normalized spacial score (nSPS) is 21.0. The van der Waals surface area contributed by atoms with Crippen LogP contribution < -0.4 is 11.1 Å². The van der Waals surface area contributed by atoms with E-state index in [1.54, 1.807) is 0 Å². The summed E-state index contributed by atoms with van der Waals surface area (Å²) in [6.45, 7) is 0.662. The van der Waals surface area contributed by atoms with Crippen molar-refractivity contribution < 1.29 is 0 Å². The highest BCUT2D eigenvalue weighted by atomic mass is 35.5. The first kappa shape index (κ1) is 8.38. The Morgan fingerprint density at radius 3 is 2.85 bits per heavy atom. The van der Waals surface area contributed by atoms with Gasteiger partial charge in [-0.3, -0.25) is 4.99 Å². The van der Waals surface area contributed by atoms with Crippen molar-refractivity contribution in [1.82, 2.24) is 5.32 Å². The van der Waals surface area contributed by atoms with Gasteiger partial charge in [0.1, 0.15) is 0 Å². The number of halogens is 1. The van der Waals surface area contributed by atoms with E-state index in [0.29, 0.717) is 12.5 Å². The predicted molar refractivity (Wildman–Crippen MR) is 53.8 cm³/mol. The van der Waals surface area contributed by atoms with Crippen LogP contribution in [-0.4, -0.2) is 12.5 Å². The van der Waals surface area contributed by atoms with Gasteiger partial charge in [0.15, 0.2) is 5.96 Å². The maximum absolute atomic E-state index is 6.02. The van der Waals surface area contributed by atoms with Crippen LogP contribution in [0.1, 0.15) is 11.6 Å². The molecule has 0 saturated heterocycles. The first-order chi connectivity index (χ1) is 6.27. The number of aliphatic imine (C=N–C) groups is 1. The fraction of sp³-hybridized carbons (Fsp3) is 0.222. The minimum atomic E-state index is 0.133. The van der Waals surface area contributed by atoms with Crippen LogP contribution >= 0.6 is 11.6 Å². The molecule has 0 fully saturated rings. The molecular formula is C9H10ClN3. The van der Waals surface area contributed by atoms with Gasteiger partial charge in [-0.05, 0) is 11.6 Å². The van der Waals surface area contributed by atoms with Gasteiger partial charge in [-0.15, -0.1) is 0 Å². The molecule has 0 amide bonds. The first-order valence-corrected chi connectivity index (χ1v) is 4.46. The summed E-state index contributed by atoms with van der Waals surface area (Å²) in [5.41, 5.74) is 6.56. The second kappa shape index (κ2) is 3.26. The zero-order chi connectivity index (χ0) is 9.26. The van der Waals surface area contributed by atoms with Crippen molar-refractivity contribution in [3.05, 3.63) is 34.9 Å². The Labute approximate surface area is 81.6 Å². The number of nitrogens with zero attached hydrogens (tertiary/aromatic N) is 1. The Hall–Kier alpha value is -1.22. The Bertz CT molecular complexity index is 348. The fourth-order valence-corrected chi connectivity index (χ4v) is 1.66. The minimum Gasteiger partial charge on any atom is -0.370 e. The Morgan fingerprint density at radius 2 is 2.23 bits per heavy atom. The van der Waals surface area contributed by atoms with Gasteiger partial charge in [-0.2, -0.15) is 0 Å². The van der Waals surface area contributed by atoms with Crippen LogP contribution in [0.25, 0.3) is 0 Å². The standard InChI is InChI=1S/C9H10ClN3/c10-7-4-2-1-3-6(7)8-5-12-9(11)13-8/h1-4,8H,5H2,(H3,11,12,13). The molecule has 1 heterocycles. The Morgan fingerprint density at radius 1 is 1.46 bits per heavy atom. The van der Waals surface area contributed by atoms with Crippen molar-refractivity contribution in [3.63, 3.8) is 0 Å². The fourth-order valence-electron chi connectivity index (χ4n) is 1.39. The van der Waals surface area contributed by atoms with Crippen molar-refractivity contribution in [1.29, 1.82) is 0 Å². The van der Waals surface area contributed by atoms with Gasteiger partial charge >= 0.3 is 0 Å². The summed E-state index contributed by atoms with van der Waals surface area (Å²) >= 11 is 6.02. The summed E-state index contributed by atoms with van der Waals surface area (Å²) in [5.74, 6) is 0.491. The molecule has 2 rings (SSSR count). The monoisotopic (exact) mass is 195 g/mol. The number of guanidine groups is 1. The molecule has 4 heteroatoms. The van der Waals surface area contributed by atoms with Crippen LogP contribution in [0.15, 0.2) is 29.3 Å². The lowest BCUT2D eigenvalue weighted by molar-refractivity contribution is 0.708. The highest BCUT2D eigenvalue weighted by Crippen LogP contribution is 2.24. The van der Waals surface area contributed by atoms with Gasteiger partial charge < -0.3 is 11.1 Å². The van der Waals surface area contributed by atoms with Crippen LogP contribution in [0, 0.1) is 0 Å². The molecule has 1 aliphatic rings. The molecule has 1 aromatic rings. The topological polar surface area (TPSA) is 50.4 Å². The van der Waals surface area contributed by atoms with Crippen LogP contribution in [0.4, 0.5) is 0 Å². The SMILES string of the molecule is NC1=NCC(c2ccccc2Cl)N1. The zero-order valence-corrected chi connectivity index (χ0v) is 7.75. The van der Waals surface area contributed by atoms with Gasteiger partial charge in [0.25, 0.3) is 0 Å². The Balaban J connectivity index is 2.23. The predicted octanol–water partition coefficient (Wildman–Crippen LogP) is 1.30. The van der Waals surface area contributed by atoms with Crippen molar-refractivity contribution in [2.24, 2.45) is 10.7 Å². The van der Waals surface area contributed by atoms with E-state index < -0.39 is 0 Å². The van der Waals surface area contributed by atoms with Crippen molar-refractivity contribution in [2.45, 2.75) is 6.04 Å². The molecule has 1 atom stereocenters. The molecule has 1 aliphatic heterocycles. The highest BCUT2D eigenvalue weighted by molar-refractivity contribution is 6.31. The summed E-state index contributed by atoms with van der Waals surface area (Å²) in [7, 11) is 0. The summed E-state index contributed by atoms with van der Waals surface area (Å²) in [5, 5.41) is 3.81. The zero-order valence-electron chi connectivity index (χ0n) is 7.00. The van der Waals surface area contributed by atoms with Crippen LogP contribution in [-0.2, 0) is 0 Å². The van der Waals surface area contributed by atoms with Gasteiger partial charge in [0, 0.05) is 5.02 Å². The molecule has 13 heavy (non-hydrogen) atoms. The van der Waals surface area contributed by atoms with Gasteiger partial charge in [-0.25, -0.2) is 0 Å². The van der Waals surface area contributed by atoms with Crippen LogP contribution in [0.3, 0.4) is 0 Å². The number of benzene rings is 1. The van der Waals surface area contributed by atoms with E-state index in [9.17, 15) is 0 Å². The molecule has 68 valence electrons. The van der Waals surface area contributed by atoms with Crippen LogP contribution in [0.5, 0.6) is 0 Å². The van der Waals surface area contributed by atoms with Crippen molar-refractivity contribution in [2.75, 3.05) is 6.54 Å². The molecule has 0 aromatic heterocycles. The van der Waals surface area contributed by atoms with E-state index in [1.165, 1.54) is 0 Å². The van der Waals surface area contributed by atoms with E-state index in [-0.39, 0.29) is 6.04 Å². The second-order valence-electron chi connectivity index (χ2n) is 2.94. The average molecular weight is 196 g/mol. The third kappa shape index (κ3) is 1.60. The quantitative estimate of drug-likeness (QED) is 0.710. The van der Waals surface area contributed by atoms with E-state index >= 15 is 0 Å². The van der Waals surface area contributed by atoms with E-state index in [4.69, 9.17) is 17.3 Å². The molecule has 0 saturated carbocycles. The second-order valence-corrected chi connectivity index (χ2v) is 3.35. The molecule has 3 nitrogen and oxygen atoms in total. The molecular weight excluding hydrogens is 186 g/mol. The first-order valence-electron chi connectivity index (χ1n) is 4.08. The van der Waals surface area contributed by atoms with Crippen molar-refractivity contribution in [3.8, 4) is 0 Å².